The van der Waals surface area contributed by atoms with Crippen LogP contribution in [0.25, 0.3) is 0 Å². The van der Waals surface area contributed by atoms with Crippen molar-refractivity contribution in [1.82, 2.24) is 0 Å². The lowest BCUT2D eigenvalue weighted by Crippen LogP contribution is -2.12. The van der Waals surface area contributed by atoms with Crippen molar-refractivity contribution in [1.29, 1.82) is 0 Å². The topological polar surface area (TPSA) is 26.0 Å². The number of aryl methyl sites for hydroxylation is 1. The lowest BCUT2D eigenvalue weighted by molar-refractivity contribution is 0.580. The van der Waals surface area contributed by atoms with Crippen LogP contribution in [0.3, 0.4) is 0 Å². The number of nitrogens with two attached hydrogens (primary N) is 1. The molecule has 0 radical (unpaired) electrons. The Morgan fingerprint density at radius 1 is 1.62 bits per heavy atom. The van der Waals surface area contributed by atoms with E-state index in [1.54, 1.807) is 12.1 Å². The Kier molecular flexibility index (Phi) is 3.20. The number of hydrogen-bond acceptors (Lipinski definition) is 1. The van der Waals surface area contributed by atoms with Crippen LogP contribution in [0.1, 0.15) is 23.6 Å². The Bertz CT molecular complexity index is 287. The Morgan fingerprint density at radius 3 is 2.85 bits per heavy atom. The van der Waals surface area contributed by atoms with E-state index < -0.39 is 0 Å². The summed E-state index contributed by atoms with van der Waals surface area (Å²) in [7, 11) is 0. The molecule has 1 unspecified atom stereocenters. The van der Waals surface area contributed by atoms with Gasteiger partial charge in [0.05, 0.1) is 0 Å². The molecule has 0 fully saturated rings. The van der Waals surface area contributed by atoms with Gasteiger partial charge in [-0.1, -0.05) is 18.2 Å². The monoisotopic (exact) mass is 179 g/mol. The summed E-state index contributed by atoms with van der Waals surface area (Å²) in [6, 6.07) is 4.71. The van der Waals surface area contributed by atoms with E-state index in [0.29, 0.717) is 12.0 Å². The molecule has 2 heteroatoms. The van der Waals surface area contributed by atoms with Gasteiger partial charge in [-0.2, -0.15) is 0 Å². The first-order valence-electron chi connectivity index (χ1n) is 4.28. The van der Waals surface area contributed by atoms with Crippen LogP contribution in [0, 0.1) is 12.7 Å². The van der Waals surface area contributed by atoms with Gasteiger partial charge in [-0.3, -0.25) is 0 Å². The second kappa shape index (κ2) is 4.19. The van der Waals surface area contributed by atoms with Crippen molar-refractivity contribution >= 4 is 0 Å². The van der Waals surface area contributed by atoms with E-state index in [1.165, 1.54) is 6.07 Å². The molecule has 0 saturated carbocycles. The van der Waals surface area contributed by atoms with Gasteiger partial charge in [0.25, 0.3) is 0 Å². The summed E-state index contributed by atoms with van der Waals surface area (Å²) in [5.74, 6) is -0.227. The highest BCUT2D eigenvalue weighted by Gasteiger charge is 2.11. The van der Waals surface area contributed by atoms with Crippen LogP contribution in [0.2, 0.25) is 0 Å². The van der Waals surface area contributed by atoms with E-state index in [0.717, 1.165) is 5.56 Å². The van der Waals surface area contributed by atoms with E-state index in [1.807, 2.05) is 13.0 Å². The fraction of sp³-hybridized carbons (Fsp3) is 0.273. The van der Waals surface area contributed by atoms with Crippen molar-refractivity contribution in [3.63, 3.8) is 0 Å². The third-order valence-corrected chi connectivity index (χ3v) is 2.06. The molecule has 0 spiro atoms. The maximum absolute atomic E-state index is 13.3. The molecule has 0 aliphatic rings. The maximum Gasteiger partial charge on any atom is 0.128 e. The average molecular weight is 179 g/mol. The van der Waals surface area contributed by atoms with Crippen LogP contribution >= 0.6 is 0 Å². The first kappa shape index (κ1) is 9.93. The Labute approximate surface area is 78.1 Å². The van der Waals surface area contributed by atoms with Crippen molar-refractivity contribution in [3.05, 3.63) is 47.8 Å². The molecule has 70 valence electrons. The molecule has 1 nitrogen and oxygen atoms in total. The third kappa shape index (κ3) is 2.16. The molecule has 0 aliphatic heterocycles. The fourth-order valence-electron chi connectivity index (χ4n) is 1.41. The molecule has 0 aliphatic carbocycles. The van der Waals surface area contributed by atoms with Crippen LogP contribution < -0.4 is 5.73 Å². The minimum atomic E-state index is -0.279. The standard InChI is InChI=1S/C11H14FN/c1-3-5-10(13)11-8(2)6-4-7-9(11)12/h3-4,6-7,10H,1,5,13H2,2H3. The predicted molar refractivity (Wildman–Crippen MR) is 52.9 cm³/mol. The van der Waals surface area contributed by atoms with Gasteiger partial charge in [-0.15, -0.1) is 6.58 Å². The van der Waals surface area contributed by atoms with E-state index in [-0.39, 0.29) is 11.9 Å². The zero-order chi connectivity index (χ0) is 9.84. The Balaban J connectivity index is 3.04. The van der Waals surface area contributed by atoms with Gasteiger partial charge >= 0.3 is 0 Å². The molecule has 0 aromatic heterocycles. The summed E-state index contributed by atoms with van der Waals surface area (Å²) in [4.78, 5) is 0. The summed E-state index contributed by atoms with van der Waals surface area (Å²) in [5, 5.41) is 0. The molecular weight excluding hydrogens is 165 g/mol. The largest absolute Gasteiger partial charge is 0.324 e. The average Bonchev–Trinajstić information content (AvgIpc) is 2.04. The highest BCUT2D eigenvalue weighted by atomic mass is 19.1. The molecule has 1 aromatic carbocycles. The summed E-state index contributed by atoms with van der Waals surface area (Å²) in [5.41, 5.74) is 7.29. The van der Waals surface area contributed by atoms with Gasteiger partial charge in [0.15, 0.2) is 0 Å². The third-order valence-electron chi connectivity index (χ3n) is 2.06. The number of benzene rings is 1. The lowest BCUT2D eigenvalue weighted by Gasteiger charge is -2.13. The van der Waals surface area contributed by atoms with Gasteiger partial charge in [-0.25, -0.2) is 4.39 Å². The molecule has 2 N–H and O–H groups in total. The lowest BCUT2D eigenvalue weighted by atomic mass is 9.99. The number of rotatable bonds is 3. The van der Waals surface area contributed by atoms with Gasteiger partial charge in [-0.05, 0) is 25.0 Å². The molecular formula is C11H14FN. The first-order valence-corrected chi connectivity index (χ1v) is 4.28. The van der Waals surface area contributed by atoms with Crippen LogP contribution in [-0.4, -0.2) is 0 Å². The van der Waals surface area contributed by atoms with E-state index in [9.17, 15) is 4.39 Å². The van der Waals surface area contributed by atoms with Crippen LogP contribution in [0.5, 0.6) is 0 Å². The molecule has 1 aromatic rings. The molecule has 0 bridgehead atoms. The SMILES string of the molecule is C=CCC(N)c1c(C)cccc1F. The second-order valence-electron chi connectivity index (χ2n) is 3.10. The zero-order valence-corrected chi connectivity index (χ0v) is 7.76. The molecule has 0 heterocycles. The summed E-state index contributed by atoms with van der Waals surface area (Å²) in [6.07, 6.45) is 2.30. The van der Waals surface area contributed by atoms with E-state index in [2.05, 4.69) is 6.58 Å². The summed E-state index contributed by atoms with van der Waals surface area (Å²) >= 11 is 0. The van der Waals surface area contributed by atoms with Crippen LogP contribution in [0.4, 0.5) is 4.39 Å². The van der Waals surface area contributed by atoms with Gasteiger partial charge < -0.3 is 5.73 Å². The quantitative estimate of drug-likeness (QED) is 0.709. The van der Waals surface area contributed by atoms with E-state index >= 15 is 0 Å². The molecule has 0 amide bonds. The van der Waals surface area contributed by atoms with Crippen molar-refractivity contribution in [2.45, 2.75) is 19.4 Å². The maximum atomic E-state index is 13.3. The predicted octanol–water partition coefficient (Wildman–Crippen LogP) is 2.71. The summed E-state index contributed by atoms with van der Waals surface area (Å²) < 4.78 is 13.3. The first-order chi connectivity index (χ1) is 6.16. The summed E-state index contributed by atoms with van der Waals surface area (Å²) in [6.45, 7) is 5.45. The van der Waals surface area contributed by atoms with Crippen molar-refractivity contribution in [3.8, 4) is 0 Å². The van der Waals surface area contributed by atoms with Gasteiger partial charge in [0.2, 0.25) is 0 Å². The van der Waals surface area contributed by atoms with Crippen LogP contribution in [-0.2, 0) is 0 Å². The number of halogens is 1. The van der Waals surface area contributed by atoms with Crippen molar-refractivity contribution in [2.75, 3.05) is 0 Å². The Hall–Kier alpha value is -1.15. The minimum absolute atomic E-state index is 0.227. The van der Waals surface area contributed by atoms with Crippen molar-refractivity contribution in [2.24, 2.45) is 5.73 Å². The highest BCUT2D eigenvalue weighted by Crippen LogP contribution is 2.21. The highest BCUT2D eigenvalue weighted by molar-refractivity contribution is 5.30. The zero-order valence-electron chi connectivity index (χ0n) is 7.76. The molecule has 1 atom stereocenters. The molecule has 0 saturated heterocycles. The van der Waals surface area contributed by atoms with E-state index in [4.69, 9.17) is 5.73 Å². The molecule has 13 heavy (non-hydrogen) atoms. The fourth-order valence-corrected chi connectivity index (χ4v) is 1.41. The second-order valence-corrected chi connectivity index (χ2v) is 3.10. The van der Waals surface area contributed by atoms with Gasteiger partial charge in [0, 0.05) is 11.6 Å². The Morgan fingerprint density at radius 2 is 2.31 bits per heavy atom. The number of hydrogen-bond donors (Lipinski definition) is 1. The van der Waals surface area contributed by atoms with Gasteiger partial charge in [0.1, 0.15) is 5.82 Å². The minimum Gasteiger partial charge on any atom is -0.324 e. The normalized spacial score (nSPS) is 12.5. The van der Waals surface area contributed by atoms with Crippen molar-refractivity contribution < 1.29 is 4.39 Å². The van der Waals surface area contributed by atoms with Crippen LogP contribution in [0.15, 0.2) is 30.9 Å². The smallest absolute Gasteiger partial charge is 0.128 e. The molecule has 1 rings (SSSR count).